The highest BCUT2D eigenvalue weighted by Crippen LogP contribution is 2.35. The SMILES string of the molecule is CC(C)CNCC1CCN(c2ccc3c(c2)Cn2cc(-c4ccc(C#N)cc4)cc2-c2nncn2-3)C1. The zero-order chi connectivity index (χ0) is 24.6. The van der Waals surface area contributed by atoms with Gasteiger partial charge in [-0.1, -0.05) is 26.0 Å². The largest absolute Gasteiger partial charge is 0.371 e. The van der Waals surface area contributed by atoms with Crippen molar-refractivity contribution in [2.45, 2.75) is 26.8 Å². The summed E-state index contributed by atoms with van der Waals surface area (Å²) in [5.41, 5.74) is 7.59. The number of rotatable bonds is 6. The number of aromatic nitrogens is 4. The van der Waals surface area contributed by atoms with Gasteiger partial charge in [0, 0.05) is 37.1 Å². The minimum atomic E-state index is 0.667. The molecule has 1 N–H and O–H groups in total. The molecule has 6 rings (SSSR count). The van der Waals surface area contributed by atoms with Crippen LogP contribution in [0.2, 0.25) is 0 Å². The molecule has 1 saturated heterocycles. The van der Waals surface area contributed by atoms with Crippen molar-refractivity contribution >= 4 is 5.69 Å². The number of anilines is 1. The Morgan fingerprint density at radius 1 is 1.11 bits per heavy atom. The lowest BCUT2D eigenvalue weighted by Gasteiger charge is -2.21. The molecule has 2 aromatic heterocycles. The Balaban J connectivity index is 1.29. The molecule has 2 aliphatic rings. The van der Waals surface area contributed by atoms with E-state index in [1.807, 2.05) is 30.6 Å². The lowest BCUT2D eigenvalue weighted by Crippen LogP contribution is -2.28. The highest BCUT2D eigenvalue weighted by molar-refractivity contribution is 5.72. The van der Waals surface area contributed by atoms with Gasteiger partial charge in [-0.15, -0.1) is 10.2 Å². The number of nitriles is 1. The van der Waals surface area contributed by atoms with Crippen LogP contribution in [-0.4, -0.2) is 45.5 Å². The number of benzene rings is 2. The first-order chi connectivity index (χ1) is 17.6. The van der Waals surface area contributed by atoms with Gasteiger partial charge < -0.3 is 14.8 Å². The topological polar surface area (TPSA) is 74.7 Å². The second kappa shape index (κ2) is 9.29. The van der Waals surface area contributed by atoms with Crippen molar-refractivity contribution < 1.29 is 0 Å². The van der Waals surface area contributed by atoms with Gasteiger partial charge in [0.2, 0.25) is 0 Å². The second-order valence-electron chi connectivity index (χ2n) is 10.4. The van der Waals surface area contributed by atoms with Gasteiger partial charge in [0.25, 0.3) is 0 Å². The van der Waals surface area contributed by atoms with E-state index >= 15 is 0 Å². The first-order valence-corrected chi connectivity index (χ1v) is 12.8. The summed E-state index contributed by atoms with van der Waals surface area (Å²) in [5, 5.41) is 21.5. The van der Waals surface area contributed by atoms with Gasteiger partial charge in [-0.05, 0) is 78.9 Å². The summed E-state index contributed by atoms with van der Waals surface area (Å²) in [4.78, 5) is 2.53. The van der Waals surface area contributed by atoms with Crippen LogP contribution in [0.1, 0.15) is 31.4 Å². The van der Waals surface area contributed by atoms with Gasteiger partial charge in [-0.3, -0.25) is 4.57 Å². The van der Waals surface area contributed by atoms with Crippen molar-refractivity contribution in [3.8, 4) is 34.4 Å². The van der Waals surface area contributed by atoms with Crippen molar-refractivity contribution in [1.82, 2.24) is 24.6 Å². The fraction of sp³-hybridized carbons (Fsp3) is 0.345. The lowest BCUT2D eigenvalue weighted by atomic mass is 10.1. The smallest absolute Gasteiger partial charge is 0.185 e. The maximum atomic E-state index is 9.14. The van der Waals surface area contributed by atoms with Crippen LogP contribution in [0.3, 0.4) is 0 Å². The van der Waals surface area contributed by atoms with Crippen molar-refractivity contribution in [3.05, 3.63) is 72.2 Å². The molecule has 7 heteroatoms. The molecule has 4 aromatic rings. The third-order valence-corrected chi connectivity index (χ3v) is 7.32. The third kappa shape index (κ3) is 4.18. The molecule has 2 aromatic carbocycles. The van der Waals surface area contributed by atoms with Crippen LogP contribution in [0.15, 0.2) is 61.1 Å². The highest BCUT2D eigenvalue weighted by atomic mass is 15.3. The number of hydrogen-bond donors (Lipinski definition) is 1. The van der Waals surface area contributed by atoms with Crippen LogP contribution < -0.4 is 10.2 Å². The van der Waals surface area contributed by atoms with E-state index in [1.54, 1.807) is 0 Å². The Bertz CT molecular complexity index is 1420. The van der Waals surface area contributed by atoms with Crippen LogP contribution in [0.4, 0.5) is 5.69 Å². The van der Waals surface area contributed by atoms with E-state index in [2.05, 4.69) is 79.9 Å². The molecule has 36 heavy (non-hydrogen) atoms. The van der Waals surface area contributed by atoms with E-state index in [0.717, 1.165) is 61.1 Å². The Kier molecular flexibility index (Phi) is 5.82. The summed E-state index contributed by atoms with van der Waals surface area (Å²) < 4.78 is 4.37. The molecule has 0 saturated carbocycles. The molecule has 4 heterocycles. The zero-order valence-corrected chi connectivity index (χ0v) is 20.9. The second-order valence-corrected chi connectivity index (χ2v) is 10.4. The van der Waals surface area contributed by atoms with E-state index in [4.69, 9.17) is 5.26 Å². The maximum absolute atomic E-state index is 9.14. The summed E-state index contributed by atoms with van der Waals surface area (Å²) in [5.74, 6) is 2.22. The van der Waals surface area contributed by atoms with E-state index in [-0.39, 0.29) is 0 Å². The van der Waals surface area contributed by atoms with Gasteiger partial charge in [-0.2, -0.15) is 5.26 Å². The summed E-state index contributed by atoms with van der Waals surface area (Å²) in [6, 6.07) is 18.9. The first-order valence-electron chi connectivity index (χ1n) is 12.8. The molecule has 2 aliphatic heterocycles. The Hall–Kier alpha value is -3.89. The average Bonchev–Trinajstić information content (AvgIpc) is 3.63. The van der Waals surface area contributed by atoms with Gasteiger partial charge in [0.15, 0.2) is 5.82 Å². The van der Waals surface area contributed by atoms with Crippen LogP contribution in [0.25, 0.3) is 28.3 Å². The Morgan fingerprint density at radius 3 is 2.78 bits per heavy atom. The highest BCUT2D eigenvalue weighted by Gasteiger charge is 2.26. The minimum Gasteiger partial charge on any atom is -0.371 e. The molecule has 1 atom stereocenters. The zero-order valence-electron chi connectivity index (χ0n) is 20.9. The van der Waals surface area contributed by atoms with Gasteiger partial charge >= 0.3 is 0 Å². The minimum absolute atomic E-state index is 0.667. The maximum Gasteiger partial charge on any atom is 0.185 e. The van der Waals surface area contributed by atoms with E-state index in [1.165, 1.54) is 17.7 Å². The number of nitrogens with zero attached hydrogens (tertiary/aromatic N) is 6. The molecular formula is C29H31N7. The first kappa shape index (κ1) is 22.6. The van der Waals surface area contributed by atoms with Gasteiger partial charge in [0.05, 0.1) is 23.0 Å². The monoisotopic (exact) mass is 477 g/mol. The summed E-state index contributed by atoms with van der Waals surface area (Å²) in [6.45, 7) is 9.66. The molecule has 0 aliphatic carbocycles. The van der Waals surface area contributed by atoms with Crippen molar-refractivity contribution in [2.24, 2.45) is 11.8 Å². The summed E-state index contributed by atoms with van der Waals surface area (Å²) >= 11 is 0. The van der Waals surface area contributed by atoms with E-state index < -0.39 is 0 Å². The molecule has 0 amide bonds. The number of hydrogen-bond acceptors (Lipinski definition) is 5. The molecule has 1 fully saturated rings. The number of fused-ring (bicyclic) bond motifs is 5. The summed E-state index contributed by atoms with van der Waals surface area (Å²) in [6.07, 6.45) is 5.22. The molecule has 0 spiro atoms. The fourth-order valence-corrected chi connectivity index (χ4v) is 5.43. The van der Waals surface area contributed by atoms with E-state index in [9.17, 15) is 0 Å². The number of nitrogens with one attached hydrogen (secondary N) is 1. The fourth-order valence-electron chi connectivity index (χ4n) is 5.43. The van der Waals surface area contributed by atoms with Crippen LogP contribution in [-0.2, 0) is 6.54 Å². The molecule has 0 radical (unpaired) electrons. The molecule has 7 nitrogen and oxygen atoms in total. The predicted octanol–water partition coefficient (Wildman–Crippen LogP) is 4.71. The van der Waals surface area contributed by atoms with Gasteiger partial charge in [-0.25, -0.2) is 0 Å². The third-order valence-electron chi connectivity index (χ3n) is 7.32. The van der Waals surface area contributed by atoms with Crippen LogP contribution in [0.5, 0.6) is 0 Å². The molecular weight excluding hydrogens is 446 g/mol. The normalized spacial score (nSPS) is 16.4. The predicted molar refractivity (Wildman–Crippen MR) is 142 cm³/mol. The van der Waals surface area contributed by atoms with Crippen molar-refractivity contribution in [1.29, 1.82) is 5.26 Å². The van der Waals surface area contributed by atoms with Crippen molar-refractivity contribution in [3.63, 3.8) is 0 Å². The van der Waals surface area contributed by atoms with Crippen LogP contribution in [0, 0.1) is 23.2 Å². The average molecular weight is 478 g/mol. The standard InChI is InChI=1S/C29H31N7/c1-20(2)14-31-15-22-9-10-34(16-22)26-7-8-27-25(11-26)18-35-17-24(23-5-3-21(13-30)4-6-23)12-28(35)29-33-32-19-36(27)29/h3-8,11-12,17,19-20,22,31H,9-10,14-16,18H2,1-2H3. The molecule has 1 unspecified atom stereocenters. The Labute approximate surface area is 212 Å². The molecule has 0 bridgehead atoms. The van der Waals surface area contributed by atoms with Crippen molar-refractivity contribution in [2.75, 3.05) is 31.1 Å². The molecule has 182 valence electrons. The Morgan fingerprint density at radius 2 is 1.97 bits per heavy atom. The quantitative estimate of drug-likeness (QED) is 0.383. The lowest BCUT2D eigenvalue weighted by molar-refractivity contribution is 0.477. The van der Waals surface area contributed by atoms with Gasteiger partial charge in [0.1, 0.15) is 6.33 Å². The van der Waals surface area contributed by atoms with E-state index in [0.29, 0.717) is 17.4 Å². The summed E-state index contributed by atoms with van der Waals surface area (Å²) in [7, 11) is 0. The van der Waals surface area contributed by atoms with Crippen LogP contribution >= 0.6 is 0 Å².